The Morgan fingerprint density at radius 1 is 1.50 bits per heavy atom. The first kappa shape index (κ1) is 9.44. The van der Waals surface area contributed by atoms with E-state index in [1.165, 1.54) is 19.3 Å². The van der Waals surface area contributed by atoms with Crippen molar-refractivity contribution in [3.63, 3.8) is 0 Å². The SMILES string of the molecule is Cc1nccc(NCC2(C)CCC2)n1. The molecule has 2 rings (SSSR count). The minimum atomic E-state index is 0.499. The second-order valence-corrected chi connectivity index (χ2v) is 4.51. The zero-order valence-electron chi connectivity index (χ0n) is 8.88. The van der Waals surface area contributed by atoms with E-state index in [0.717, 1.165) is 18.2 Å². The highest BCUT2D eigenvalue weighted by molar-refractivity contribution is 5.33. The first-order chi connectivity index (χ1) is 6.68. The fourth-order valence-electron chi connectivity index (χ4n) is 1.82. The van der Waals surface area contributed by atoms with E-state index in [2.05, 4.69) is 22.2 Å². The second-order valence-electron chi connectivity index (χ2n) is 4.51. The largest absolute Gasteiger partial charge is 0.369 e. The quantitative estimate of drug-likeness (QED) is 0.797. The number of hydrogen-bond acceptors (Lipinski definition) is 3. The number of anilines is 1. The van der Waals surface area contributed by atoms with E-state index in [1.54, 1.807) is 6.20 Å². The maximum atomic E-state index is 4.31. The van der Waals surface area contributed by atoms with Crippen molar-refractivity contribution in [3.8, 4) is 0 Å². The highest BCUT2D eigenvalue weighted by atomic mass is 15.0. The molecule has 3 nitrogen and oxygen atoms in total. The molecule has 0 atom stereocenters. The van der Waals surface area contributed by atoms with Gasteiger partial charge in [-0.05, 0) is 31.2 Å². The van der Waals surface area contributed by atoms with E-state index in [1.807, 2.05) is 13.0 Å². The van der Waals surface area contributed by atoms with Crippen LogP contribution in [0.25, 0.3) is 0 Å². The monoisotopic (exact) mass is 191 g/mol. The topological polar surface area (TPSA) is 37.8 Å². The lowest BCUT2D eigenvalue weighted by Gasteiger charge is -2.38. The molecule has 1 aromatic rings. The summed E-state index contributed by atoms with van der Waals surface area (Å²) in [6, 6.07) is 1.93. The molecule has 0 amide bonds. The number of aryl methyl sites for hydroxylation is 1. The first-order valence-corrected chi connectivity index (χ1v) is 5.22. The molecular formula is C11H17N3. The number of nitrogens with zero attached hydrogens (tertiary/aromatic N) is 2. The van der Waals surface area contributed by atoms with Gasteiger partial charge in [-0.25, -0.2) is 9.97 Å². The maximum Gasteiger partial charge on any atom is 0.129 e. The van der Waals surface area contributed by atoms with Crippen LogP contribution in [-0.4, -0.2) is 16.5 Å². The first-order valence-electron chi connectivity index (χ1n) is 5.22. The Kier molecular flexibility index (Phi) is 2.40. The van der Waals surface area contributed by atoms with Gasteiger partial charge in [-0.15, -0.1) is 0 Å². The Labute approximate surface area is 85.0 Å². The van der Waals surface area contributed by atoms with Crippen molar-refractivity contribution >= 4 is 5.82 Å². The molecule has 1 saturated carbocycles. The number of nitrogens with one attached hydrogen (secondary N) is 1. The highest BCUT2D eigenvalue weighted by Gasteiger charge is 2.31. The van der Waals surface area contributed by atoms with Crippen molar-refractivity contribution in [2.75, 3.05) is 11.9 Å². The normalized spacial score (nSPS) is 18.7. The maximum absolute atomic E-state index is 4.31. The Bertz CT molecular complexity index is 318. The standard InChI is InChI=1S/C11H17N3/c1-9-12-7-4-10(14-9)13-8-11(2)5-3-6-11/h4,7H,3,5-6,8H2,1-2H3,(H,12,13,14). The van der Waals surface area contributed by atoms with Gasteiger partial charge in [0.05, 0.1) is 0 Å². The van der Waals surface area contributed by atoms with Gasteiger partial charge in [0.2, 0.25) is 0 Å². The van der Waals surface area contributed by atoms with Crippen molar-refractivity contribution in [2.45, 2.75) is 33.1 Å². The molecule has 1 heterocycles. The molecular weight excluding hydrogens is 174 g/mol. The molecule has 1 fully saturated rings. The van der Waals surface area contributed by atoms with Crippen LogP contribution in [0, 0.1) is 12.3 Å². The van der Waals surface area contributed by atoms with Crippen molar-refractivity contribution in [3.05, 3.63) is 18.1 Å². The van der Waals surface area contributed by atoms with E-state index >= 15 is 0 Å². The number of rotatable bonds is 3. The molecule has 0 unspecified atom stereocenters. The van der Waals surface area contributed by atoms with E-state index in [9.17, 15) is 0 Å². The van der Waals surface area contributed by atoms with Crippen LogP contribution in [0.2, 0.25) is 0 Å². The molecule has 1 aliphatic carbocycles. The molecule has 0 aromatic carbocycles. The minimum Gasteiger partial charge on any atom is -0.369 e. The van der Waals surface area contributed by atoms with E-state index < -0.39 is 0 Å². The minimum absolute atomic E-state index is 0.499. The van der Waals surface area contributed by atoms with E-state index in [4.69, 9.17) is 0 Å². The molecule has 3 heteroatoms. The van der Waals surface area contributed by atoms with Crippen molar-refractivity contribution in [1.29, 1.82) is 0 Å². The van der Waals surface area contributed by atoms with Gasteiger partial charge >= 0.3 is 0 Å². The molecule has 1 aliphatic rings. The van der Waals surface area contributed by atoms with Gasteiger partial charge in [-0.2, -0.15) is 0 Å². The lowest BCUT2D eigenvalue weighted by molar-refractivity contribution is 0.180. The van der Waals surface area contributed by atoms with Crippen LogP contribution in [-0.2, 0) is 0 Å². The van der Waals surface area contributed by atoms with Crippen molar-refractivity contribution < 1.29 is 0 Å². The Hall–Kier alpha value is -1.12. The van der Waals surface area contributed by atoms with Crippen LogP contribution in [0.3, 0.4) is 0 Å². The summed E-state index contributed by atoms with van der Waals surface area (Å²) in [5.74, 6) is 1.78. The Morgan fingerprint density at radius 2 is 2.29 bits per heavy atom. The molecule has 1 N–H and O–H groups in total. The third-order valence-electron chi connectivity index (χ3n) is 3.03. The van der Waals surface area contributed by atoms with Gasteiger partial charge < -0.3 is 5.32 Å². The summed E-state index contributed by atoms with van der Waals surface area (Å²) < 4.78 is 0. The molecule has 1 aromatic heterocycles. The average molecular weight is 191 g/mol. The van der Waals surface area contributed by atoms with Gasteiger partial charge in [-0.3, -0.25) is 0 Å². The molecule has 0 saturated heterocycles. The van der Waals surface area contributed by atoms with Gasteiger partial charge in [0, 0.05) is 12.7 Å². The third kappa shape index (κ3) is 2.03. The molecule has 0 aliphatic heterocycles. The molecule has 14 heavy (non-hydrogen) atoms. The van der Waals surface area contributed by atoms with Crippen LogP contribution in [0.15, 0.2) is 12.3 Å². The molecule has 0 radical (unpaired) electrons. The zero-order chi connectivity index (χ0) is 10.0. The zero-order valence-corrected chi connectivity index (χ0v) is 8.88. The van der Waals surface area contributed by atoms with Crippen LogP contribution < -0.4 is 5.32 Å². The summed E-state index contributed by atoms with van der Waals surface area (Å²) in [7, 11) is 0. The van der Waals surface area contributed by atoms with Crippen LogP contribution in [0.5, 0.6) is 0 Å². The summed E-state index contributed by atoms with van der Waals surface area (Å²) in [6.07, 6.45) is 5.85. The van der Waals surface area contributed by atoms with Gasteiger partial charge in [-0.1, -0.05) is 13.3 Å². The fourth-order valence-corrected chi connectivity index (χ4v) is 1.82. The van der Waals surface area contributed by atoms with Gasteiger partial charge in [0.1, 0.15) is 11.6 Å². The van der Waals surface area contributed by atoms with E-state index in [0.29, 0.717) is 5.41 Å². The highest BCUT2D eigenvalue weighted by Crippen LogP contribution is 2.39. The summed E-state index contributed by atoms with van der Waals surface area (Å²) in [4.78, 5) is 8.38. The van der Waals surface area contributed by atoms with Crippen LogP contribution >= 0.6 is 0 Å². The third-order valence-corrected chi connectivity index (χ3v) is 3.03. The summed E-state index contributed by atoms with van der Waals surface area (Å²) in [5.41, 5.74) is 0.499. The fraction of sp³-hybridized carbons (Fsp3) is 0.636. The van der Waals surface area contributed by atoms with Crippen molar-refractivity contribution in [2.24, 2.45) is 5.41 Å². The van der Waals surface area contributed by atoms with Crippen molar-refractivity contribution in [1.82, 2.24) is 9.97 Å². The molecule has 0 bridgehead atoms. The predicted molar refractivity (Wildman–Crippen MR) is 57.2 cm³/mol. The molecule has 0 spiro atoms. The summed E-state index contributed by atoms with van der Waals surface area (Å²) in [6.45, 7) is 5.28. The van der Waals surface area contributed by atoms with Gasteiger partial charge in [0.15, 0.2) is 0 Å². The second kappa shape index (κ2) is 3.56. The van der Waals surface area contributed by atoms with Crippen LogP contribution in [0.4, 0.5) is 5.82 Å². The smallest absolute Gasteiger partial charge is 0.129 e. The Morgan fingerprint density at radius 3 is 2.86 bits per heavy atom. The number of hydrogen-bond donors (Lipinski definition) is 1. The average Bonchev–Trinajstić information content (AvgIpc) is 2.12. The number of aromatic nitrogens is 2. The summed E-state index contributed by atoms with van der Waals surface area (Å²) in [5, 5.41) is 3.38. The predicted octanol–water partition coefficient (Wildman–Crippen LogP) is 2.39. The van der Waals surface area contributed by atoms with Gasteiger partial charge in [0.25, 0.3) is 0 Å². The van der Waals surface area contributed by atoms with Crippen LogP contribution in [0.1, 0.15) is 32.0 Å². The lowest BCUT2D eigenvalue weighted by Crippen LogP contribution is -2.33. The lowest BCUT2D eigenvalue weighted by atomic mass is 9.70. The van der Waals surface area contributed by atoms with E-state index in [-0.39, 0.29) is 0 Å². The summed E-state index contributed by atoms with van der Waals surface area (Å²) >= 11 is 0. The molecule has 76 valence electrons. The Balaban J connectivity index is 1.91.